The van der Waals surface area contributed by atoms with Crippen molar-refractivity contribution in [2.24, 2.45) is 5.92 Å². The molecule has 4 rings (SSSR count). The summed E-state index contributed by atoms with van der Waals surface area (Å²) in [4.78, 5) is 15.2. The van der Waals surface area contributed by atoms with E-state index in [4.69, 9.17) is 4.74 Å². The van der Waals surface area contributed by atoms with Crippen LogP contribution < -0.4 is 5.32 Å². The summed E-state index contributed by atoms with van der Waals surface area (Å²) in [6, 6.07) is 8.58. The molecule has 22 heavy (non-hydrogen) atoms. The minimum Gasteiger partial charge on any atom is -0.376 e. The van der Waals surface area contributed by atoms with Crippen molar-refractivity contribution >= 4 is 21.8 Å². The van der Waals surface area contributed by atoms with Gasteiger partial charge >= 0.3 is 0 Å². The van der Waals surface area contributed by atoms with Crippen LogP contribution in [0.25, 0.3) is 0 Å². The van der Waals surface area contributed by atoms with E-state index in [0.717, 1.165) is 43.6 Å². The molecular formula is C17H21BrN2O2. The van der Waals surface area contributed by atoms with Crippen molar-refractivity contribution in [3.8, 4) is 0 Å². The molecule has 1 amide bonds. The average Bonchev–Trinajstić information content (AvgIpc) is 3.23. The van der Waals surface area contributed by atoms with Crippen molar-refractivity contribution in [3.05, 3.63) is 34.3 Å². The van der Waals surface area contributed by atoms with E-state index in [1.54, 1.807) is 0 Å². The number of amides is 1. The summed E-state index contributed by atoms with van der Waals surface area (Å²) in [5, 5.41) is 3.41. The summed E-state index contributed by atoms with van der Waals surface area (Å²) in [7, 11) is 0. The topological polar surface area (TPSA) is 41.6 Å². The second-order valence-electron chi connectivity index (χ2n) is 6.48. The molecule has 3 aliphatic heterocycles. The first-order valence-corrected chi connectivity index (χ1v) is 8.92. The lowest BCUT2D eigenvalue weighted by molar-refractivity contribution is -0.136. The Kier molecular flexibility index (Phi) is 3.96. The van der Waals surface area contributed by atoms with Crippen LogP contribution in [0.1, 0.15) is 24.3 Å². The van der Waals surface area contributed by atoms with E-state index < -0.39 is 0 Å². The molecule has 0 unspecified atom stereocenters. The maximum atomic E-state index is 13.1. The van der Waals surface area contributed by atoms with E-state index in [-0.39, 0.29) is 17.9 Å². The second kappa shape index (κ2) is 5.95. The maximum Gasteiger partial charge on any atom is 0.227 e. The third-order valence-electron chi connectivity index (χ3n) is 5.35. The van der Waals surface area contributed by atoms with Gasteiger partial charge in [-0.2, -0.15) is 0 Å². The van der Waals surface area contributed by atoms with Crippen molar-refractivity contribution in [1.29, 1.82) is 0 Å². The molecule has 0 saturated carbocycles. The quantitative estimate of drug-likeness (QED) is 0.873. The minimum atomic E-state index is 0.0399. The molecule has 4 nitrogen and oxygen atoms in total. The highest BCUT2D eigenvalue weighted by Gasteiger charge is 2.45. The standard InChI is InChI=1S/C17H21BrN2O2/c18-14-4-2-1-3-11(14)12-9-19-10-13(12)17(21)20-7-5-16-15(20)6-8-22-16/h1-4,12-13,15-16,19H,5-10H2/t12-,13+,15+,16+/m0/s1. The number of ether oxygens (including phenoxy) is 1. The summed E-state index contributed by atoms with van der Waals surface area (Å²) in [6.45, 7) is 3.31. The van der Waals surface area contributed by atoms with Gasteiger partial charge in [0.05, 0.1) is 18.1 Å². The van der Waals surface area contributed by atoms with Gasteiger partial charge in [0.25, 0.3) is 0 Å². The molecule has 4 atom stereocenters. The maximum absolute atomic E-state index is 13.1. The highest BCUT2D eigenvalue weighted by Crippen LogP contribution is 2.37. The molecule has 0 bridgehead atoms. The van der Waals surface area contributed by atoms with Crippen molar-refractivity contribution in [2.75, 3.05) is 26.2 Å². The first kappa shape index (κ1) is 14.7. The van der Waals surface area contributed by atoms with Gasteiger partial charge in [0, 0.05) is 36.6 Å². The number of nitrogens with one attached hydrogen (secondary N) is 1. The first-order valence-electron chi connectivity index (χ1n) is 8.13. The largest absolute Gasteiger partial charge is 0.376 e. The number of rotatable bonds is 2. The zero-order valence-corrected chi connectivity index (χ0v) is 14.1. The van der Waals surface area contributed by atoms with Crippen LogP contribution in [0.15, 0.2) is 28.7 Å². The Balaban J connectivity index is 1.56. The van der Waals surface area contributed by atoms with Gasteiger partial charge in [0.2, 0.25) is 5.91 Å². The van der Waals surface area contributed by atoms with Crippen LogP contribution in [-0.4, -0.2) is 49.2 Å². The van der Waals surface area contributed by atoms with Crippen LogP contribution in [0, 0.1) is 5.92 Å². The monoisotopic (exact) mass is 364 g/mol. The number of hydrogen-bond donors (Lipinski definition) is 1. The summed E-state index contributed by atoms with van der Waals surface area (Å²) >= 11 is 3.64. The van der Waals surface area contributed by atoms with E-state index in [2.05, 4.69) is 44.3 Å². The number of carbonyl (C=O) groups is 1. The molecule has 5 heteroatoms. The molecule has 0 radical (unpaired) electrons. The third-order valence-corrected chi connectivity index (χ3v) is 6.07. The van der Waals surface area contributed by atoms with Crippen LogP contribution in [0.2, 0.25) is 0 Å². The lowest BCUT2D eigenvalue weighted by Crippen LogP contribution is -2.42. The van der Waals surface area contributed by atoms with Gasteiger partial charge in [-0.25, -0.2) is 0 Å². The van der Waals surface area contributed by atoms with Crippen LogP contribution in [0.5, 0.6) is 0 Å². The molecule has 1 N–H and O–H groups in total. The van der Waals surface area contributed by atoms with Gasteiger partial charge in [0.1, 0.15) is 0 Å². The number of hydrogen-bond acceptors (Lipinski definition) is 3. The van der Waals surface area contributed by atoms with E-state index in [1.165, 1.54) is 5.56 Å². The fourth-order valence-corrected chi connectivity index (χ4v) is 4.81. The Morgan fingerprint density at radius 1 is 1.27 bits per heavy atom. The van der Waals surface area contributed by atoms with Gasteiger partial charge in [0.15, 0.2) is 0 Å². The summed E-state index contributed by atoms with van der Waals surface area (Å²) in [6.07, 6.45) is 2.27. The third kappa shape index (κ3) is 2.39. The van der Waals surface area contributed by atoms with Crippen LogP contribution >= 0.6 is 15.9 Å². The molecule has 3 heterocycles. The number of nitrogens with zero attached hydrogens (tertiary/aromatic N) is 1. The minimum absolute atomic E-state index is 0.0399. The highest BCUT2D eigenvalue weighted by molar-refractivity contribution is 9.10. The summed E-state index contributed by atoms with van der Waals surface area (Å²) < 4.78 is 6.84. The van der Waals surface area contributed by atoms with E-state index in [1.807, 2.05) is 6.07 Å². The van der Waals surface area contributed by atoms with E-state index in [0.29, 0.717) is 11.9 Å². The Morgan fingerprint density at radius 3 is 3.00 bits per heavy atom. The molecule has 3 saturated heterocycles. The van der Waals surface area contributed by atoms with Crippen LogP contribution in [-0.2, 0) is 9.53 Å². The van der Waals surface area contributed by atoms with Gasteiger partial charge in [-0.1, -0.05) is 34.1 Å². The molecular weight excluding hydrogens is 344 g/mol. The molecule has 1 aromatic carbocycles. The van der Waals surface area contributed by atoms with Gasteiger partial charge in [-0.3, -0.25) is 4.79 Å². The molecule has 0 aromatic heterocycles. The lowest BCUT2D eigenvalue weighted by atomic mass is 9.87. The number of likely N-dealkylation sites (tertiary alicyclic amines) is 1. The molecule has 3 aliphatic rings. The summed E-state index contributed by atoms with van der Waals surface area (Å²) in [5.41, 5.74) is 1.24. The molecule has 0 spiro atoms. The highest BCUT2D eigenvalue weighted by atomic mass is 79.9. The van der Waals surface area contributed by atoms with Gasteiger partial charge in [-0.05, 0) is 24.5 Å². The van der Waals surface area contributed by atoms with Gasteiger partial charge in [-0.15, -0.1) is 0 Å². The molecule has 3 fully saturated rings. The average molecular weight is 365 g/mol. The Morgan fingerprint density at radius 2 is 2.14 bits per heavy atom. The first-order chi connectivity index (χ1) is 10.8. The number of carbonyl (C=O) groups excluding carboxylic acids is 1. The number of benzene rings is 1. The van der Waals surface area contributed by atoms with Gasteiger partial charge < -0.3 is 15.0 Å². The van der Waals surface area contributed by atoms with Crippen molar-refractivity contribution < 1.29 is 9.53 Å². The smallest absolute Gasteiger partial charge is 0.227 e. The predicted octanol–water partition coefficient (Wildman–Crippen LogP) is 2.14. The SMILES string of the molecule is O=C([C@@H]1CNC[C@H]1c1ccccc1Br)N1CC[C@H]2OCC[C@H]21. The number of halogens is 1. The number of fused-ring (bicyclic) bond motifs is 1. The molecule has 1 aromatic rings. The van der Waals surface area contributed by atoms with Crippen LogP contribution in [0.3, 0.4) is 0 Å². The molecule has 118 valence electrons. The lowest BCUT2D eigenvalue weighted by Gasteiger charge is -2.28. The fraction of sp³-hybridized carbons (Fsp3) is 0.588. The Hall–Kier alpha value is -0.910. The van der Waals surface area contributed by atoms with Crippen molar-refractivity contribution in [3.63, 3.8) is 0 Å². The zero-order chi connectivity index (χ0) is 15.1. The Labute approximate surface area is 139 Å². The van der Waals surface area contributed by atoms with E-state index in [9.17, 15) is 4.79 Å². The molecule has 0 aliphatic carbocycles. The zero-order valence-electron chi connectivity index (χ0n) is 12.5. The van der Waals surface area contributed by atoms with Crippen molar-refractivity contribution in [1.82, 2.24) is 10.2 Å². The van der Waals surface area contributed by atoms with Crippen molar-refractivity contribution in [2.45, 2.75) is 30.9 Å². The second-order valence-corrected chi connectivity index (χ2v) is 7.33. The Bertz CT molecular complexity index is 580. The van der Waals surface area contributed by atoms with E-state index >= 15 is 0 Å². The fourth-order valence-electron chi connectivity index (χ4n) is 4.23. The summed E-state index contributed by atoms with van der Waals surface area (Å²) in [5.74, 6) is 0.603. The van der Waals surface area contributed by atoms with Crippen LogP contribution in [0.4, 0.5) is 0 Å². The predicted molar refractivity (Wildman–Crippen MR) is 87.7 cm³/mol. The normalized spacial score (nSPS) is 34.1.